The van der Waals surface area contributed by atoms with Crippen LogP contribution in [-0.2, 0) is 11.2 Å². The first-order valence-corrected chi connectivity index (χ1v) is 6.82. The number of amides is 1. The first-order valence-electron chi connectivity index (χ1n) is 6.82. The number of hydrogen-bond acceptors (Lipinski definition) is 3. The van der Waals surface area contributed by atoms with E-state index in [-0.39, 0.29) is 0 Å². The highest BCUT2D eigenvalue weighted by molar-refractivity contribution is 5.84. The van der Waals surface area contributed by atoms with Crippen LogP contribution in [0.15, 0.2) is 18.3 Å². The minimum absolute atomic E-state index is 0.293. The van der Waals surface area contributed by atoms with E-state index in [2.05, 4.69) is 22.1 Å². The Hall–Kier alpha value is -1.97. The third kappa shape index (κ3) is 1.87. The number of nitrogens with zero attached hydrogens (tertiary/aromatic N) is 3. The van der Waals surface area contributed by atoms with E-state index < -0.39 is 0 Å². The highest BCUT2D eigenvalue weighted by Gasteiger charge is 2.34. The molecule has 96 valence electrons. The summed E-state index contributed by atoms with van der Waals surface area (Å²) in [7, 11) is 0. The molecular formula is C15H15N3O. The Morgan fingerprint density at radius 2 is 2.26 bits per heavy atom. The number of aromatic nitrogens is 2. The van der Waals surface area contributed by atoms with Crippen molar-refractivity contribution >= 4 is 17.6 Å². The topological polar surface area (TPSA) is 46.1 Å². The summed E-state index contributed by atoms with van der Waals surface area (Å²) >= 11 is 0. The molecule has 1 amide bonds. The number of allylic oxidation sites excluding steroid dienone is 1. The van der Waals surface area contributed by atoms with Crippen molar-refractivity contribution in [3.8, 4) is 0 Å². The number of carbonyl (C=O) groups is 1. The lowest BCUT2D eigenvalue weighted by Gasteiger charge is -2.15. The normalized spacial score (nSPS) is 20.6. The molecule has 4 nitrogen and oxygen atoms in total. The van der Waals surface area contributed by atoms with Gasteiger partial charge in [0.25, 0.3) is 0 Å². The van der Waals surface area contributed by atoms with Crippen molar-refractivity contribution in [1.29, 1.82) is 0 Å². The molecule has 0 unspecified atom stereocenters. The van der Waals surface area contributed by atoms with Crippen molar-refractivity contribution in [1.82, 2.24) is 14.9 Å². The molecule has 0 N–H and O–H groups in total. The third-order valence-electron chi connectivity index (χ3n) is 3.95. The van der Waals surface area contributed by atoms with Gasteiger partial charge in [-0.15, -0.1) is 0 Å². The maximum absolute atomic E-state index is 12.0. The van der Waals surface area contributed by atoms with E-state index in [1.165, 1.54) is 0 Å². The summed E-state index contributed by atoms with van der Waals surface area (Å²) in [4.78, 5) is 23.0. The Labute approximate surface area is 111 Å². The standard InChI is InChI=1S/C15H15N3O/c19-15(10-4-5-10)18-7-6-11(9-18)14-8-16-12-2-1-3-13(12)17-14/h1,3,6,8,10H,2,4-5,7,9H2. The van der Waals surface area contributed by atoms with Gasteiger partial charge in [-0.3, -0.25) is 9.78 Å². The molecule has 0 bridgehead atoms. The number of hydrogen-bond donors (Lipinski definition) is 0. The van der Waals surface area contributed by atoms with Crippen molar-refractivity contribution < 1.29 is 4.79 Å². The van der Waals surface area contributed by atoms with Crippen molar-refractivity contribution in [3.63, 3.8) is 0 Å². The second kappa shape index (κ2) is 4.02. The van der Waals surface area contributed by atoms with Crippen LogP contribution in [0.5, 0.6) is 0 Å². The molecule has 3 aliphatic rings. The first-order chi connectivity index (χ1) is 9.31. The fraction of sp³-hybridized carbons (Fsp3) is 0.400. The van der Waals surface area contributed by atoms with Crippen LogP contribution < -0.4 is 0 Å². The van der Waals surface area contributed by atoms with Crippen molar-refractivity contribution in [2.75, 3.05) is 13.1 Å². The zero-order valence-electron chi connectivity index (χ0n) is 10.7. The summed E-state index contributed by atoms with van der Waals surface area (Å²) in [6, 6.07) is 0. The van der Waals surface area contributed by atoms with Gasteiger partial charge < -0.3 is 4.90 Å². The van der Waals surface area contributed by atoms with Crippen molar-refractivity contribution in [2.45, 2.75) is 19.3 Å². The molecule has 1 fully saturated rings. The average molecular weight is 253 g/mol. The van der Waals surface area contributed by atoms with Crippen LogP contribution in [0.3, 0.4) is 0 Å². The zero-order chi connectivity index (χ0) is 12.8. The number of carbonyl (C=O) groups excluding carboxylic acids is 1. The summed E-state index contributed by atoms with van der Waals surface area (Å²) in [5.74, 6) is 0.599. The number of fused-ring (bicyclic) bond motifs is 1. The lowest BCUT2D eigenvalue weighted by molar-refractivity contribution is -0.131. The van der Waals surface area contributed by atoms with E-state index in [0.29, 0.717) is 18.4 Å². The lowest BCUT2D eigenvalue weighted by Crippen LogP contribution is -2.30. The van der Waals surface area contributed by atoms with Gasteiger partial charge >= 0.3 is 0 Å². The van der Waals surface area contributed by atoms with Gasteiger partial charge in [0.2, 0.25) is 5.91 Å². The monoisotopic (exact) mass is 253 g/mol. The Balaban J connectivity index is 1.54. The van der Waals surface area contributed by atoms with Gasteiger partial charge in [-0.1, -0.05) is 12.2 Å². The maximum Gasteiger partial charge on any atom is 0.226 e. The molecule has 19 heavy (non-hydrogen) atoms. The van der Waals surface area contributed by atoms with Crippen molar-refractivity contribution in [3.05, 3.63) is 35.4 Å². The lowest BCUT2D eigenvalue weighted by atomic mass is 10.2. The third-order valence-corrected chi connectivity index (χ3v) is 3.95. The molecule has 0 spiro atoms. The molecule has 1 saturated carbocycles. The molecule has 2 aliphatic carbocycles. The van der Waals surface area contributed by atoms with E-state index in [0.717, 1.165) is 48.5 Å². The summed E-state index contributed by atoms with van der Waals surface area (Å²) < 4.78 is 0. The van der Waals surface area contributed by atoms with Crippen molar-refractivity contribution in [2.24, 2.45) is 5.92 Å². The Morgan fingerprint density at radius 3 is 3.11 bits per heavy atom. The molecule has 4 rings (SSSR count). The fourth-order valence-electron chi connectivity index (χ4n) is 2.65. The Kier molecular flexibility index (Phi) is 2.31. The number of rotatable bonds is 2. The van der Waals surface area contributed by atoms with Gasteiger partial charge in [0, 0.05) is 25.4 Å². The molecule has 1 aliphatic heterocycles. The highest BCUT2D eigenvalue weighted by atomic mass is 16.2. The van der Waals surface area contributed by atoms with Gasteiger partial charge in [-0.25, -0.2) is 4.98 Å². The predicted octanol–water partition coefficient (Wildman–Crippen LogP) is 1.68. The summed E-state index contributed by atoms with van der Waals surface area (Å²) in [6.07, 6.45) is 11.1. The van der Waals surface area contributed by atoms with Crippen LogP contribution in [-0.4, -0.2) is 33.9 Å². The van der Waals surface area contributed by atoms with Crippen LogP contribution in [0.1, 0.15) is 29.9 Å². The predicted molar refractivity (Wildman–Crippen MR) is 72.1 cm³/mol. The maximum atomic E-state index is 12.0. The molecule has 2 heterocycles. The second-order valence-corrected chi connectivity index (χ2v) is 5.42. The van der Waals surface area contributed by atoms with Crippen LogP contribution in [0.25, 0.3) is 11.6 Å². The molecule has 4 heteroatoms. The average Bonchev–Trinajstić information content (AvgIpc) is 2.99. The van der Waals surface area contributed by atoms with E-state index >= 15 is 0 Å². The molecule has 0 atom stereocenters. The molecular weight excluding hydrogens is 238 g/mol. The van der Waals surface area contributed by atoms with Crippen LogP contribution in [0.4, 0.5) is 0 Å². The summed E-state index contributed by atoms with van der Waals surface area (Å²) in [5.41, 5.74) is 4.07. The van der Waals surface area contributed by atoms with Gasteiger partial charge in [-0.2, -0.15) is 0 Å². The quantitative estimate of drug-likeness (QED) is 0.805. The summed E-state index contributed by atoms with van der Waals surface area (Å²) in [6.45, 7) is 1.41. The van der Waals surface area contributed by atoms with Crippen LogP contribution in [0.2, 0.25) is 0 Å². The SMILES string of the molecule is O=C(C1CC1)N1CC=C(c2cnc3c(n2)C=CC3)C1. The van der Waals surface area contributed by atoms with Gasteiger partial charge in [0.05, 0.1) is 23.3 Å². The largest absolute Gasteiger partial charge is 0.334 e. The molecule has 0 aromatic carbocycles. The Bertz CT molecular complexity index is 614. The zero-order valence-corrected chi connectivity index (χ0v) is 10.7. The van der Waals surface area contributed by atoms with E-state index in [1.807, 2.05) is 17.2 Å². The van der Waals surface area contributed by atoms with Crippen LogP contribution in [0, 0.1) is 5.92 Å². The van der Waals surface area contributed by atoms with Gasteiger partial charge in [0.15, 0.2) is 0 Å². The van der Waals surface area contributed by atoms with E-state index in [4.69, 9.17) is 0 Å². The van der Waals surface area contributed by atoms with Crippen LogP contribution >= 0.6 is 0 Å². The minimum Gasteiger partial charge on any atom is -0.334 e. The second-order valence-electron chi connectivity index (χ2n) is 5.42. The molecule has 0 radical (unpaired) electrons. The van der Waals surface area contributed by atoms with E-state index in [1.54, 1.807) is 0 Å². The first kappa shape index (κ1) is 10.9. The smallest absolute Gasteiger partial charge is 0.226 e. The van der Waals surface area contributed by atoms with E-state index in [9.17, 15) is 4.79 Å². The minimum atomic E-state index is 0.293. The van der Waals surface area contributed by atoms with Gasteiger partial charge in [0.1, 0.15) is 0 Å². The highest BCUT2D eigenvalue weighted by Crippen LogP contribution is 2.33. The fourth-order valence-corrected chi connectivity index (χ4v) is 2.65. The van der Waals surface area contributed by atoms with Gasteiger partial charge in [-0.05, 0) is 24.5 Å². The Morgan fingerprint density at radius 1 is 1.37 bits per heavy atom. The summed E-state index contributed by atoms with van der Waals surface area (Å²) in [5, 5.41) is 0. The molecule has 1 aromatic heterocycles. The molecule has 1 aromatic rings. The molecule has 0 saturated heterocycles.